The maximum atomic E-state index is 10.7. The third-order valence-electron chi connectivity index (χ3n) is 1.87. The van der Waals surface area contributed by atoms with Crippen LogP contribution >= 0.6 is 15.9 Å². The first-order valence-corrected chi connectivity index (χ1v) is 5.32. The summed E-state index contributed by atoms with van der Waals surface area (Å²) in [7, 11) is 1.58. The molecule has 0 fully saturated rings. The van der Waals surface area contributed by atoms with Crippen molar-refractivity contribution in [2.75, 3.05) is 0 Å². The lowest BCUT2D eigenvalue weighted by Crippen LogP contribution is -1.92. The molecule has 2 heterocycles. The lowest BCUT2D eigenvalue weighted by molar-refractivity contribution is -0.385. The summed E-state index contributed by atoms with van der Waals surface area (Å²) in [4.78, 5) is 14.1. The SMILES string of the molecule is Cn1cc([N+](=O)[O-])c(Oc2cncc(Br)c2)n1. The first-order chi connectivity index (χ1) is 8.06. The van der Waals surface area contributed by atoms with Gasteiger partial charge in [-0.05, 0) is 22.0 Å². The molecule has 0 unspecified atom stereocenters. The molecule has 0 N–H and O–H groups in total. The van der Waals surface area contributed by atoms with Gasteiger partial charge in [0.2, 0.25) is 0 Å². The topological polar surface area (TPSA) is 83.1 Å². The molecule has 0 saturated carbocycles. The van der Waals surface area contributed by atoms with E-state index < -0.39 is 4.92 Å². The largest absolute Gasteiger partial charge is 0.431 e. The second kappa shape index (κ2) is 4.50. The number of hydrogen-bond donors (Lipinski definition) is 0. The van der Waals surface area contributed by atoms with E-state index in [4.69, 9.17) is 4.74 Å². The molecule has 0 spiro atoms. The highest BCUT2D eigenvalue weighted by Gasteiger charge is 2.20. The molecule has 0 amide bonds. The van der Waals surface area contributed by atoms with Gasteiger partial charge in [-0.25, -0.2) is 0 Å². The normalized spacial score (nSPS) is 10.2. The Labute approximate surface area is 104 Å². The molecule has 2 aromatic heterocycles. The zero-order chi connectivity index (χ0) is 12.4. The molecule has 8 heteroatoms. The molecule has 0 bridgehead atoms. The van der Waals surface area contributed by atoms with E-state index in [1.54, 1.807) is 19.3 Å². The highest BCUT2D eigenvalue weighted by Crippen LogP contribution is 2.29. The van der Waals surface area contributed by atoms with Crippen molar-refractivity contribution >= 4 is 21.6 Å². The Morgan fingerprint density at radius 3 is 2.94 bits per heavy atom. The Morgan fingerprint density at radius 1 is 1.53 bits per heavy atom. The quantitative estimate of drug-likeness (QED) is 0.641. The summed E-state index contributed by atoms with van der Waals surface area (Å²) in [6, 6.07) is 1.64. The second-order valence-corrected chi connectivity index (χ2v) is 4.11. The van der Waals surface area contributed by atoms with Crippen molar-refractivity contribution in [1.29, 1.82) is 0 Å². The maximum Gasteiger partial charge on any atom is 0.350 e. The van der Waals surface area contributed by atoms with Crippen LogP contribution in [-0.2, 0) is 7.05 Å². The van der Waals surface area contributed by atoms with Crippen LogP contribution in [0.2, 0.25) is 0 Å². The first-order valence-electron chi connectivity index (χ1n) is 4.52. The van der Waals surface area contributed by atoms with Crippen molar-refractivity contribution < 1.29 is 9.66 Å². The van der Waals surface area contributed by atoms with Crippen LogP contribution in [0.3, 0.4) is 0 Å². The summed E-state index contributed by atoms with van der Waals surface area (Å²) in [6.07, 6.45) is 4.31. The van der Waals surface area contributed by atoms with Crippen molar-refractivity contribution in [1.82, 2.24) is 14.8 Å². The zero-order valence-corrected chi connectivity index (χ0v) is 10.3. The van der Waals surface area contributed by atoms with E-state index >= 15 is 0 Å². The van der Waals surface area contributed by atoms with E-state index in [1.807, 2.05) is 0 Å². The highest BCUT2D eigenvalue weighted by atomic mass is 79.9. The number of pyridine rings is 1. The van der Waals surface area contributed by atoms with Crippen molar-refractivity contribution in [3.63, 3.8) is 0 Å². The molecule has 0 saturated heterocycles. The molecule has 0 radical (unpaired) electrons. The molecule has 0 aromatic carbocycles. The van der Waals surface area contributed by atoms with Crippen molar-refractivity contribution in [2.24, 2.45) is 7.05 Å². The molecule has 2 aromatic rings. The van der Waals surface area contributed by atoms with E-state index in [-0.39, 0.29) is 11.6 Å². The van der Waals surface area contributed by atoms with E-state index in [2.05, 4.69) is 26.0 Å². The second-order valence-electron chi connectivity index (χ2n) is 3.19. The van der Waals surface area contributed by atoms with Gasteiger partial charge in [-0.1, -0.05) is 0 Å². The van der Waals surface area contributed by atoms with Crippen molar-refractivity contribution in [3.8, 4) is 11.6 Å². The van der Waals surface area contributed by atoms with Gasteiger partial charge in [-0.2, -0.15) is 0 Å². The van der Waals surface area contributed by atoms with Gasteiger partial charge in [-0.15, -0.1) is 5.10 Å². The number of ether oxygens (including phenoxy) is 1. The number of hydrogen-bond acceptors (Lipinski definition) is 5. The Hall–Kier alpha value is -1.96. The molecule has 2 rings (SSSR count). The molecule has 7 nitrogen and oxygen atoms in total. The predicted octanol–water partition coefficient (Wildman–Crippen LogP) is 2.28. The van der Waals surface area contributed by atoms with Crippen LogP contribution in [0.25, 0.3) is 0 Å². The molecule has 0 aliphatic rings. The van der Waals surface area contributed by atoms with Gasteiger partial charge < -0.3 is 4.74 Å². The van der Waals surface area contributed by atoms with Gasteiger partial charge in [-0.3, -0.25) is 19.8 Å². The van der Waals surface area contributed by atoms with E-state index in [9.17, 15) is 10.1 Å². The van der Waals surface area contributed by atoms with Crippen LogP contribution in [-0.4, -0.2) is 19.7 Å². The predicted molar refractivity (Wildman–Crippen MR) is 61.9 cm³/mol. The Kier molecular flexibility index (Phi) is 3.05. The number of nitrogens with zero attached hydrogens (tertiary/aromatic N) is 4. The zero-order valence-electron chi connectivity index (χ0n) is 8.70. The maximum absolute atomic E-state index is 10.7. The van der Waals surface area contributed by atoms with E-state index in [0.717, 1.165) is 0 Å². The fourth-order valence-corrected chi connectivity index (χ4v) is 1.56. The Balaban J connectivity index is 2.32. The van der Waals surface area contributed by atoms with Gasteiger partial charge in [0.25, 0.3) is 0 Å². The van der Waals surface area contributed by atoms with Gasteiger partial charge >= 0.3 is 11.6 Å². The third-order valence-corrected chi connectivity index (χ3v) is 2.30. The minimum atomic E-state index is -0.548. The minimum Gasteiger partial charge on any atom is -0.431 e. The van der Waals surface area contributed by atoms with Crippen LogP contribution in [0.15, 0.2) is 29.1 Å². The summed E-state index contributed by atoms with van der Waals surface area (Å²) < 4.78 is 7.34. The average molecular weight is 299 g/mol. The number of nitro groups is 1. The van der Waals surface area contributed by atoms with Crippen LogP contribution in [0.5, 0.6) is 11.6 Å². The summed E-state index contributed by atoms with van der Waals surface area (Å²) >= 11 is 3.23. The van der Waals surface area contributed by atoms with Crippen LogP contribution in [0.1, 0.15) is 0 Å². The molecule has 0 atom stereocenters. The summed E-state index contributed by atoms with van der Waals surface area (Å²) in [6.45, 7) is 0. The average Bonchev–Trinajstić information content (AvgIpc) is 2.59. The van der Waals surface area contributed by atoms with Crippen molar-refractivity contribution in [3.05, 3.63) is 39.2 Å². The molecule has 17 heavy (non-hydrogen) atoms. The van der Waals surface area contributed by atoms with Crippen molar-refractivity contribution in [2.45, 2.75) is 0 Å². The van der Waals surface area contributed by atoms with Gasteiger partial charge in [0.05, 0.1) is 11.1 Å². The van der Waals surface area contributed by atoms with Gasteiger partial charge in [0.1, 0.15) is 11.9 Å². The Morgan fingerprint density at radius 2 is 2.29 bits per heavy atom. The fourth-order valence-electron chi connectivity index (χ4n) is 1.21. The van der Waals surface area contributed by atoms with Crippen LogP contribution < -0.4 is 4.74 Å². The summed E-state index contributed by atoms with van der Waals surface area (Å²) in [5.74, 6) is 0.318. The Bertz CT molecular complexity index is 569. The molecule has 0 aliphatic heterocycles. The standard InChI is InChI=1S/C9H7BrN4O3/c1-13-5-8(14(15)16)9(12-13)17-7-2-6(10)3-11-4-7/h2-5H,1H3. The molecule has 0 aliphatic carbocycles. The summed E-state index contributed by atoms with van der Waals surface area (Å²) in [5, 5.41) is 14.6. The monoisotopic (exact) mass is 298 g/mol. The minimum absolute atomic E-state index is 0.0580. The highest BCUT2D eigenvalue weighted by molar-refractivity contribution is 9.10. The first kappa shape index (κ1) is 11.5. The fraction of sp³-hybridized carbons (Fsp3) is 0.111. The van der Waals surface area contributed by atoms with Crippen LogP contribution in [0.4, 0.5) is 5.69 Å². The van der Waals surface area contributed by atoms with Crippen LogP contribution in [0, 0.1) is 10.1 Å². The van der Waals surface area contributed by atoms with E-state index in [0.29, 0.717) is 10.2 Å². The molecular formula is C9H7BrN4O3. The lowest BCUT2D eigenvalue weighted by atomic mass is 10.4. The smallest absolute Gasteiger partial charge is 0.350 e. The lowest BCUT2D eigenvalue weighted by Gasteiger charge is -2.01. The third kappa shape index (κ3) is 2.59. The number of aromatic nitrogens is 3. The van der Waals surface area contributed by atoms with E-state index in [1.165, 1.54) is 17.1 Å². The van der Waals surface area contributed by atoms with Gasteiger partial charge in [0, 0.05) is 17.7 Å². The number of halogens is 1. The number of aryl methyl sites for hydroxylation is 1. The molecule has 88 valence electrons. The number of rotatable bonds is 3. The molecular weight excluding hydrogens is 292 g/mol. The summed E-state index contributed by atoms with van der Waals surface area (Å²) in [5.41, 5.74) is -0.188. The van der Waals surface area contributed by atoms with Gasteiger partial charge in [0.15, 0.2) is 0 Å².